The minimum absolute atomic E-state index is 0.134. The van der Waals surface area contributed by atoms with Crippen molar-refractivity contribution >= 4 is 29.5 Å². The van der Waals surface area contributed by atoms with Crippen LogP contribution in [0.25, 0.3) is 0 Å². The van der Waals surface area contributed by atoms with E-state index in [4.69, 9.17) is 4.74 Å². The third-order valence-electron chi connectivity index (χ3n) is 4.81. The lowest BCUT2D eigenvalue weighted by molar-refractivity contribution is -0.119. The Labute approximate surface area is 166 Å². The molecule has 1 aromatic rings. The molecule has 3 atom stereocenters. The second-order valence-electron chi connectivity index (χ2n) is 6.90. The Bertz CT molecular complexity index is 807. The molecule has 11 heteroatoms. The molecule has 0 bridgehead atoms. The van der Waals surface area contributed by atoms with Crippen molar-refractivity contribution in [2.45, 2.75) is 25.2 Å². The molecule has 2 saturated heterocycles. The van der Waals surface area contributed by atoms with Crippen molar-refractivity contribution in [3.8, 4) is 0 Å². The summed E-state index contributed by atoms with van der Waals surface area (Å²) in [4.78, 5) is 37.3. The average molecular weight is 410 g/mol. The van der Waals surface area contributed by atoms with Gasteiger partial charge in [0.25, 0.3) is 0 Å². The van der Waals surface area contributed by atoms with Gasteiger partial charge in [-0.3, -0.25) is 9.69 Å². The van der Waals surface area contributed by atoms with Crippen LogP contribution in [0.2, 0.25) is 0 Å². The molecule has 2 fully saturated rings. The van der Waals surface area contributed by atoms with E-state index in [0.717, 1.165) is 0 Å². The fraction of sp³-hybridized carbons (Fsp3) is 0.500. The highest BCUT2D eigenvalue weighted by molar-refractivity contribution is 5.90. The summed E-state index contributed by atoms with van der Waals surface area (Å²) >= 11 is 0. The number of carbonyl (C=O) groups is 3. The third-order valence-corrected chi connectivity index (χ3v) is 4.81. The summed E-state index contributed by atoms with van der Waals surface area (Å²) in [5.41, 5.74) is 0.565. The number of benzene rings is 1. The maximum Gasteiger partial charge on any atom is 0.414 e. The van der Waals surface area contributed by atoms with Gasteiger partial charge in [0.1, 0.15) is 11.9 Å². The predicted molar refractivity (Wildman–Crippen MR) is 100 cm³/mol. The maximum absolute atomic E-state index is 14.7. The Morgan fingerprint density at radius 1 is 1.34 bits per heavy atom. The summed E-state index contributed by atoms with van der Waals surface area (Å²) in [5.74, 6) is -0.811. The van der Waals surface area contributed by atoms with Crippen molar-refractivity contribution in [2.24, 2.45) is 0 Å². The van der Waals surface area contributed by atoms with Crippen LogP contribution in [-0.2, 0) is 14.3 Å². The van der Waals surface area contributed by atoms with Gasteiger partial charge in [0.2, 0.25) is 5.91 Å². The van der Waals surface area contributed by atoms with Crippen LogP contribution < -0.4 is 20.4 Å². The van der Waals surface area contributed by atoms with Gasteiger partial charge in [0.05, 0.1) is 43.7 Å². The molecule has 0 aromatic heterocycles. The van der Waals surface area contributed by atoms with E-state index in [-0.39, 0.29) is 37.8 Å². The fourth-order valence-corrected chi connectivity index (χ4v) is 3.35. The zero-order chi connectivity index (χ0) is 21.1. The molecule has 29 heavy (non-hydrogen) atoms. The fourth-order valence-electron chi connectivity index (χ4n) is 3.35. The van der Waals surface area contributed by atoms with Gasteiger partial charge in [-0.15, -0.1) is 0 Å². The van der Waals surface area contributed by atoms with E-state index >= 15 is 0 Å². The van der Waals surface area contributed by atoms with E-state index in [1.165, 1.54) is 31.1 Å². The van der Waals surface area contributed by atoms with E-state index in [1.807, 2.05) is 0 Å². The molecule has 0 saturated carbocycles. The predicted octanol–water partition coefficient (Wildman–Crippen LogP) is 0.193. The molecule has 2 aliphatic rings. The Morgan fingerprint density at radius 3 is 2.76 bits per heavy atom. The van der Waals surface area contributed by atoms with Crippen LogP contribution in [0.3, 0.4) is 0 Å². The summed E-state index contributed by atoms with van der Waals surface area (Å²) in [6, 6.07) is 3.70. The molecule has 1 aromatic carbocycles. The summed E-state index contributed by atoms with van der Waals surface area (Å²) in [6.07, 6.45) is -2.69. The zero-order valence-electron chi connectivity index (χ0n) is 16.1. The van der Waals surface area contributed by atoms with Crippen molar-refractivity contribution in [3.05, 3.63) is 24.0 Å². The topological polar surface area (TPSA) is 120 Å². The Morgan fingerprint density at radius 2 is 2.10 bits per heavy atom. The van der Waals surface area contributed by atoms with Crippen molar-refractivity contribution in [1.82, 2.24) is 10.6 Å². The number of hydrogen-bond donors (Lipinski definition) is 3. The number of anilines is 2. The van der Waals surface area contributed by atoms with Gasteiger partial charge in [0, 0.05) is 20.0 Å². The monoisotopic (exact) mass is 410 g/mol. The minimum Gasteiger partial charge on any atom is -0.453 e. The summed E-state index contributed by atoms with van der Waals surface area (Å²) in [6.45, 7) is 2.07. The highest BCUT2D eigenvalue weighted by atomic mass is 19.1. The molecule has 3 N–H and O–H groups in total. The van der Waals surface area contributed by atoms with Crippen LogP contribution in [0.15, 0.2) is 18.2 Å². The highest BCUT2D eigenvalue weighted by Crippen LogP contribution is 2.29. The van der Waals surface area contributed by atoms with Crippen molar-refractivity contribution < 1.29 is 33.4 Å². The summed E-state index contributed by atoms with van der Waals surface area (Å²) < 4.78 is 24.4. The van der Waals surface area contributed by atoms with E-state index in [2.05, 4.69) is 15.4 Å². The second-order valence-corrected chi connectivity index (χ2v) is 6.90. The van der Waals surface area contributed by atoms with Gasteiger partial charge >= 0.3 is 12.2 Å². The molecule has 3 rings (SSSR count). The summed E-state index contributed by atoms with van der Waals surface area (Å²) in [5, 5.41) is 15.2. The van der Waals surface area contributed by atoms with Crippen LogP contribution in [0.4, 0.5) is 25.4 Å². The standard InChI is InChI=1S/C18H23FN4O6/c1-10(24)20-6-12-7-23(18(27)29-12)11-3-4-15(13(19)5-11)22-8-14(16(25)9-22)21-17(26)28-2/h3-5,12,14,16,25H,6-9H2,1-2H3,(H,20,24)(H,21,26). The largest absolute Gasteiger partial charge is 0.453 e. The average Bonchev–Trinajstić information content (AvgIpc) is 3.22. The Kier molecular flexibility index (Phi) is 6.06. The van der Waals surface area contributed by atoms with Gasteiger partial charge < -0.3 is 30.1 Å². The molecule has 0 radical (unpaired) electrons. The quantitative estimate of drug-likeness (QED) is 0.634. The maximum atomic E-state index is 14.7. The molecule has 3 amide bonds. The van der Waals surface area contributed by atoms with Crippen LogP contribution in [0.1, 0.15) is 6.92 Å². The lowest BCUT2D eigenvalue weighted by Gasteiger charge is -2.21. The second kappa shape index (κ2) is 8.52. The molecule has 0 aliphatic carbocycles. The number of hydrogen-bond acceptors (Lipinski definition) is 7. The van der Waals surface area contributed by atoms with Gasteiger partial charge in [0.15, 0.2) is 0 Å². The number of ether oxygens (including phenoxy) is 2. The molecular weight excluding hydrogens is 387 g/mol. The Balaban J connectivity index is 1.67. The van der Waals surface area contributed by atoms with E-state index in [0.29, 0.717) is 5.69 Å². The molecular formula is C18H23FN4O6. The van der Waals surface area contributed by atoms with Crippen LogP contribution in [0.5, 0.6) is 0 Å². The molecule has 3 unspecified atom stereocenters. The van der Waals surface area contributed by atoms with Gasteiger partial charge in [-0.05, 0) is 18.2 Å². The smallest absolute Gasteiger partial charge is 0.414 e. The number of β-amino-alcohol motifs (C(OH)–C–C–N with tert-alkyl or cyclic N) is 1. The molecule has 2 aliphatic heterocycles. The van der Waals surface area contributed by atoms with Crippen molar-refractivity contribution in [2.75, 3.05) is 43.1 Å². The lowest BCUT2D eigenvalue weighted by atomic mass is 10.2. The zero-order valence-corrected chi connectivity index (χ0v) is 16.1. The first-order chi connectivity index (χ1) is 13.8. The number of rotatable bonds is 5. The number of alkyl carbamates (subject to hydrolysis) is 1. The lowest BCUT2D eigenvalue weighted by Crippen LogP contribution is -2.42. The molecule has 2 heterocycles. The number of nitrogens with zero attached hydrogens (tertiary/aromatic N) is 2. The number of aliphatic hydroxyl groups excluding tert-OH is 1. The van der Waals surface area contributed by atoms with E-state index in [1.54, 1.807) is 11.0 Å². The van der Waals surface area contributed by atoms with E-state index in [9.17, 15) is 23.9 Å². The number of amides is 3. The highest BCUT2D eigenvalue weighted by Gasteiger charge is 2.35. The minimum atomic E-state index is -0.878. The van der Waals surface area contributed by atoms with Crippen molar-refractivity contribution in [3.63, 3.8) is 0 Å². The first kappa shape index (κ1) is 20.6. The van der Waals surface area contributed by atoms with Crippen LogP contribution >= 0.6 is 0 Å². The summed E-state index contributed by atoms with van der Waals surface area (Å²) in [7, 11) is 1.22. The molecule has 10 nitrogen and oxygen atoms in total. The number of methoxy groups -OCH3 is 1. The molecule has 158 valence electrons. The van der Waals surface area contributed by atoms with Gasteiger partial charge in [-0.25, -0.2) is 14.0 Å². The first-order valence-corrected chi connectivity index (χ1v) is 9.08. The first-order valence-electron chi connectivity index (χ1n) is 9.08. The number of nitrogens with one attached hydrogen (secondary N) is 2. The van der Waals surface area contributed by atoms with Crippen molar-refractivity contribution in [1.29, 1.82) is 0 Å². The van der Waals surface area contributed by atoms with Crippen LogP contribution in [-0.4, -0.2) is 74.7 Å². The number of aliphatic hydroxyl groups is 1. The van der Waals surface area contributed by atoms with Gasteiger partial charge in [-0.1, -0.05) is 0 Å². The van der Waals surface area contributed by atoms with E-state index < -0.39 is 36.3 Å². The van der Waals surface area contributed by atoms with Crippen LogP contribution in [0, 0.1) is 5.82 Å². The number of halogens is 1. The normalized spacial score (nSPS) is 23.7. The number of carbonyl (C=O) groups excluding carboxylic acids is 3. The Hall–Kier alpha value is -3.08. The number of cyclic esters (lactones) is 1. The molecule has 0 spiro atoms. The SMILES string of the molecule is COC(=O)NC1CN(c2ccc(N3CC(CNC(C)=O)OC3=O)cc2F)CC1O. The van der Waals surface area contributed by atoms with Gasteiger partial charge in [-0.2, -0.15) is 0 Å². The third kappa shape index (κ3) is 4.67.